The lowest BCUT2D eigenvalue weighted by atomic mass is 9.79. The Balaban J connectivity index is 1.89. The maximum absolute atomic E-state index is 13.7. The van der Waals surface area contributed by atoms with E-state index in [9.17, 15) is 17.6 Å². The minimum Gasteiger partial charge on any atom is -0.429 e. The molecule has 1 aliphatic rings. The highest BCUT2D eigenvalue weighted by atomic mass is 19.3. The fraction of sp³-hybridized carbons (Fsp3) is 0.556. The topological polar surface area (TPSA) is 9.23 Å². The molecular weight excluding hydrogens is 308 g/mol. The van der Waals surface area contributed by atoms with Crippen molar-refractivity contribution in [3.05, 3.63) is 41.5 Å². The van der Waals surface area contributed by atoms with E-state index in [2.05, 4.69) is 16.9 Å². The Morgan fingerprint density at radius 3 is 2.26 bits per heavy atom. The van der Waals surface area contributed by atoms with E-state index < -0.39 is 24.0 Å². The second kappa shape index (κ2) is 8.37. The summed E-state index contributed by atoms with van der Waals surface area (Å²) < 4.78 is 55.4. The highest BCUT2D eigenvalue weighted by Gasteiger charge is 2.20. The Labute approximate surface area is 134 Å². The minimum absolute atomic E-state index is 0.484. The van der Waals surface area contributed by atoms with Crippen molar-refractivity contribution in [2.75, 3.05) is 0 Å². The van der Waals surface area contributed by atoms with Gasteiger partial charge in [0.2, 0.25) is 0 Å². The largest absolute Gasteiger partial charge is 0.429 e. The van der Waals surface area contributed by atoms with Crippen LogP contribution in [0.5, 0.6) is 5.75 Å². The fourth-order valence-corrected chi connectivity index (χ4v) is 3.27. The zero-order valence-corrected chi connectivity index (χ0v) is 13.2. The average molecular weight is 330 g/mol. The summed E-state index contributed by atoms with van der Waals surface area (Å²) in [6.45, 7) is -1.21. The molecule has 0 amide bonds. The van der Waals surface area contributed by atoms with E-state index in [0.717, 1.165) is 44.2 Å². The number of allylic oxidation sites excluding steroid dienone is 2. The number of benzene rings is 1. The van der Waals surface area contributed by atoms with Gasteiger partial charge in [-0.2, -0.15) is 8.78 Å². The molecule has 5 heteroatoms. The molecule has 0 heterocycles. The molecule has 128 valence electrons. The van der Waals surface area contributed by atoms with Crippen LogP contribution < -0.4 is 4.74 Å². The van der Waals surface area contributed by atoms with Gasteiger partial charge in [-0.15, -0.1) is 0 Å². The van der Waals surface area contributed by atoms with Crippen LogP contribution in [0.4, 0.5) is 17.6 Å². The van der Waals surface area contributed by atoms with Gasteiger partial charge in [-0.1, -0.05) is 12.2 Å². The van der Waals surface area contributed by atoms with Gasteiger partial charge in [0.25, 0.3) is 0 Å². The summed E-state index contributed by atoms with van der Waals surface area (Å²) >= 11 is 0. The summed E-state index contributed by atoms with van der Waals surface area (Å²) in [6.07, 6.45) is 10.3. The first-order valence-corrected chi connectivity index (χ1v) is 8.05. The Bertz CT molecular complexity index is 511. The zero-order chi connectivity index (χ0) is 16.8. The van der Waals surface area contributed by atoms with Crippen molar-refractivity contribution in [2.45, 2.75) is 52.1 Å². The van der Waals surface area contributed by atoms with E-state index in [-0.39, 0.29) is 0 Å². The van der Waals surface area contributed by atoms with Crippen LogP contribution in [0.1, 0.15) is 44.6 Å². The summed E-state index contributed by atoms with van der Waals surface area (Å²) in [5.74, 6) is -1.94. The summed E-state index contributed by atoms with van der Waals surface area (Å²) in [7, 11) is 0. The maximum Gasteiger partial charge on any atom is 0.387 e. The van der Waals surface area contributed by atoms with E-state index in [1.54, 1.807) is 0 Å². The average Bonchev–Trinajstić information content (AvgIpc) is 2.50. The third kappa shape index (κ3) is 5.26. The highest BCUT2D eigenvalue weighted by molar-refractivity contribution is 5.31. The lowest BCUT2D eigenvalue weighted by Crippen LogP contribution is -2.14. The molecule has 1 aliphatic carbocycles. The number of hydrogen-bond acceptors (Lipinski definition) is 1. The number of rotatable bonds is 6. The molecule has 1 saturated carbocycles. The van der Waals surface area contributed by atoms with Gasteiger partial charge in [0.1, 0.15) is 0 Å². The van der Waals surface area contributed by atoms with Gasteiger partial charge in [0.15, 0.2) is 17.4 Å². The second-order valence-corrected chi connectivity index (χ2v) is 6.11. The van der Waals surface area contributed by atoms with Crippen molar-refractivity contribution in [2.24, 2.45) is 11.8 Å². The van der Waals surface area contributed by atoms with Gasteiger partial charge in [0.05, 0.1) is 0 Å². The standard InChI is InChI=1S/C18H22F4O/c1-2-3-12-4-6-13(7-5-12)8-9-14-10-15(19)17(16(20)11-14)23-18(21)22/h2-3,10-13,18H,4-9H2,1H3/b3-2+/t12-,13-. The van der Waals surface area contributed by atoms with Crippen LogP contribution in [0.15, 0.2) is 24.3 Å². The summed E-state index contributed by atoms with van der Waals surface area (Å²) in [6, 6.07) is 2.18. The molecule has 0 aromatic heterocycles. The number of halogens is 4. The third-order valence-electron chi connectivity index (χ3n) is 4.46. The molecule has 1 aromatic rings. The molecule has 1 fully saturated rings. The molecule has 0 unspecified atom stereocenters. The number of hydrogen-bond donors (Lipinski definition) is 0. The molecule has 0 saturated heterocycles. The van der Waals surface area contributed by atoms with Crippen LogP contribution in [0.25, 0.3) is 0 Å². The summed E-state index contributed by atoms with van der Waals surface area (Å²) in [5.41, 5.74) is 0.484. The molecular formula is C18H22F4O. The second-order valence-electron chi connectivity index (χ2n) is 6.11. The first-order valence-electron chi connectivity index (χ1n) is 8.05. The Morgan fingerprint density at radius 1 is 1.13 bits per heavy atom. The third-order valence-corrected chi connectivity index (χ3v) is 4.46. The molecule has 0 atom stereocenters. The summed E-state index contributed by atoms with van der Waals surface area (Å²) in [5, 5.41) is 0. The first kappa shape index (κ1) is 17.8. The predicted molar refractivity (Wildman–Crippen MR) is 81.6 cm³/mol. The van der Waals surface area contributed by atoms with E-state index >= 15 is 0 Å². The van der Waals surface area contributed by atoms with Gasteiger partial charge in [-0.25, -0.2) is 8.78 Å². The van der Waals surface area contributed by atoms with Gasteiger partial charge in [-0.05, 0) is 75.0 Å². The van der Waals surface area contributed by atoms with E-state index in [1.165, 1.54) is 0 Å². The lowest BCUT2D eigenvalue weighted by Gasteiger charge is -2.26. The van der Waals surface area contributed by atoms with E-state index in [4.69, 9.17) is 0 Å². The van der Waals surface area contributed by atoms with Crippen molar-refractivity contribution < 1.29 is 22.3 Å². The molecule has 0 radical (unpaired) electrons. The number of aryl methyl sites for hydroxylation is 1. The van der Waals surface area contributed by atoms with Gasteiger partial charge < -0.3 is 4.74 Å². The molecule has 0 N–H and O–H groups in total. The smallest absolute Gasteiger partial charge is 0.387 e. The maximum atomic E-state index is 13.7. The lowest BCUT2D eigenvalue weighted by molar-refractivity contribution is -0.0546. The van der Waals surface area contributed by atoms with Crippen LogP contribution in [0, 0.1) is 23.5 Å². The number of alkyl halides is 2. The van der Waals surface area contributed by atoms with Crippen molar-refractivity contribution >= 4 is 0 Å². The van der Waals surface area contributed by atoms with E-state index in [1.807, 2.05) is 6.92 Å². The van der Waals surface area contributed by atoms with Crippen molar-refractivity contribution in [3.8, 4) is 5.75 Å². The molecule has 0 aliphatic heterocycles. The quantitative estimate of drug-likeness (QED) is 0.467. The molecule has 0 spiro atoms. The molecule has 1 aromatic carbocycles. The predicted octanol–water partition coefficient (Wildman–Crippen LogP) is 5.88. The van der Waals surface area contributed by atoms with Gasteiger partial charge in [-0.3, -0.25) is 0 Å². The van der Waals surface area contributed by atoms with Crippen molar-refractivity contribution in [1.82, 2.24) is 0 Å². The van der Waals surface area contributed by atoms with Gasteiger partial charge in [0, 0.05) is 0 Å². The van der Waals surface area contributed by atoms with Crippen molar-refractivity contribution in [1.29, 1.82) is 0 Å². The number of ether oxygens (including phenoxy) is 1. The Morgan fingerprint density at radius 2 is 1.74 bits per heavy atom. The molecule has 2 rings (SSSR count). The SMILES string of the molecule is C/C=C/[C@H]1CC[C@H](CCc2cc(F)c(OC(F)F)c(F)c2)CC1. The highest BCUT2D eigenvalue weighted by Crippen LogP contribution is 2.33. The Hall–Kier alpha value is -1.52. The normalized spacial score (nSPS) is 22.0. The van der Waals surface area contributed by atoms with Crippen LogP contribution in [-0.2, 0) is 6.42 Å². The monoisotopic (exact) mass is 330 g/mol. The van der Waals surface area contributed by atoms with Crippen LogP contribution >= 0.6 is 0 Å². The van der Waals surface area contributed by atoms with Crippen LogP contribution in [-0.4, -0.2) is 6.61 Å². The first-order chi connectivity index (χ1) is 11.0. The summed E-state index contributed by atoms with van der Waals surface area (Å²) in [4.78, 5) is 0. The molecule has 23 heavy (non-hydrogen) atoms. The fourth-order valence-electron chi connectivity index (χ4n) is 3.27. The Kier molecular flexibility index (Phi) is 6.48. The van der Waals surface area contributed by atoms with Crippen LogP contribution in [0.3, 0.4) is 0 Å². The van der Waals surface area contributed by atoms with Crippen molar-refractivity contribution in [3.63, 3.8) is 0 Å². The zero-order valence-electron chi connectivity index (χ0n) is 13.2. The van der Waals surface area contributed by atoms with Gasteiger partial charge >= 0.3 is 6.61 Å². The minimum atomic E-state index is -3.24. The molecule has 0 bridgehead atoms. The van der Waals surface area contributed by atoms with Crippen LogP contribution in [0.2, 0.25) is 0 Å². The molecule has 1 nitrogen and oxygen atoms in total. The van der Waals surface area contributed by atoms with E-state index in [0.29, 0.717) is 23.8 Å².